The van der Waals surface area contributed by atoms with Crippen LogP contribution in [0.15, 0.2) is 52.5 Å². The van der Waals surface area contributed by atoms with Gasteiger partial charge in [-0.15, -0.1) is 11.6 Å². The molecule has 2 unspecified atom stereocenters. The van der Waals surface area contributed by atoms with Gasteiger partial charge in [0, 0.05) is 6.42 Å². The van der Waals surface area contributed by atoms with Gasteiger partial charge in [-0.3, -0.25) is 9.59 Å². The number of aliphatic hydroxyl groups is 1. The molecule has 2 rings (SSSR count). The van der Waals surface area contributed by atoms with Crippen LogP contribution in [-0.2, 0) is 16.0 Å². The third-order valence-electron chi connectivity index (χ3n) is 5.62. The van der Waals surface area contributed by atoms with Crippen LogP contribution in [0.2, 0.25) is 0 Å². The minimum Gasteiger partial charge on any atom is -0.376 e. The van der Waals surface area contributed by atoms with Crippen molar-refractivity contribution in [1.82, 2.24) is 5.32 Å². The van der Waals surface area contributed by atoms with Gasteiger partial charge in [0.2, 0.25) is 5.91 Å². The highest BCUT2D eigenvalue weighted by Crippen LogP contribution is 2.35. The van der Waals surface area contributed by atoms with Crippen molar-refractivity contribution in [3.63, 3.8) is 0 Å². The third-order valence-corrected chi connectivity index (χ3v) is 6.82. The Labute approximate surface area is 206 Å². The van der Waals surface area contributed by atoms with Crippen LogP contribution in [0.25, 0.3) is 0 Å². The maximum absolute atomic E-state index is 13.4. The first-order chi connectivity index (χ1) is 15.3. The number of allylic oxidation sites excluding steroid dienone is 2. The zero-order chi connectivity index (χ0) is 23.6. The first-order valence-electron chi connectivity index (χ1n) is 11.3. The zero-order valence-electron chi connectivity index (χ0n) is 18.5. The number of carbonyl (C=O) groups excluding carboxylic acids is 2. The molecule has 0 radical (unpaired) electrons. The van der Waals surface area contributed by atoms with Crippen molar-refractivity contribution >= 4 is 46.5 Å². The van der Waals surface area contributed by atoms with E-state index in [1.807, 2.05) is 30.3 Å². The number of benzene rings is 1. The van der Waals surface area contributed by atoms with Gasteiger partial charge in [0.1, 0.15) is 0 Å². The van der Waals surface area contributed by atoms with Gasteiger partial charge < -0.3 is 10.4 Å². The smallest absolute Gasteiger partial charge is 0.220 e. The van der Waals surface area contributed by atoms with E-state index in [1.54, 1.807) is 0 Å². The number of Topliss-reactive ketones (excluding diaryl/α,β-unsaturated/α-hetero) is 1. The summed E-state index contributed by atoms with van der Waals surface area (Å²) in [5, 5.41) is 13.0. The van der Waals surface area contributed by atoms with Gasteiger partial charge in [-0.2, -0.15) is 0 Å². The summed E-state index contributed by atoms with van der Waals surface area (Å²) in [6, 6.07) is 8.37. The average Bonchev–Trinajstić information content (AvgIpc) is 2.77. The first-order valence-corrected chi connectivity index (χ1v) is 12.5. The maximum Gasteiger partial charge on any atom is 0.220 e. The Morgan fingerprint density at radius 1 is 1.03 bits per heavy atom. The summed E-state index contributed by atoms with van der Waals surface area (Å²) >= 11 is 18.3. The molecular weight excluding hydrogens is 469 g/mol. The lowest BCUT2D eigenvalue weighted by molar-refractivity contribution is -0.137. The largest absolute Gasteiger partial charge is 0.376 e. The number of carbonyl (C=O) groups is 2. The van der Waals surface area contributed by atoms with E-state index in [0.717, 1.165) is 30.9 Å². The number of amides is 1. The summed E-state index contributed by atoms with van der Waals surface area (Å²) < 4.78 is 0. The second kappa shape index (κ2) is 13.4. The molecule has 0 saturated heterocycles. The first kappa shape index (κ1) is 26.9. The number of halogens is 3. The molecule has 3 atom stereocenters. The van der Waals surface area contributed by atoms with Gasteiger partial charge in [0.05, 0.1) is 21.5 Å². The fourth-order valence-electron chi connectivity index (χ4n) is 3.73. The van der Waals surface area contributed by atoms with E-state index < -0.39 is 22.8 Å². The van der Waals surface area contributed by atoms with E-state index in [9.17, 15) is 14.7 Å². The van der Waals surface area contributed by atoms with E-state index in [0.29, 0.717) is 6.42 Å². The molecule has 32 heavy (non-hydrogen) atoms. The molecule has 0 heterocycles. The molecule has 7 heteroatoms. The minimum absolute atomic E-state index is 0.0484. The Hall–Kier alpha value is -1.33. The Morgan fingerprint density at radius 3 is 2.31 bits per heavy atom. The molecule has 0 bridgehead atoms. The molecule has 1 aromatic rings. The number of rotatable bonds is 13. The Bertz CT molecular complexity index is 825. The highest BCUT2D eigenvalue weighted by atomic mass is 35.5. The summed E-state index contributed by atoms with van der Waals surface area (Å²) in [5.41, 5.74) is -1.21. The van der Waals surface area contributed by atoms with Gasteiger partial charge in [0.15, 0.2) is 11.4 Å². The lowest BCUT2D eigenvalue weighted by atomic mass is 9.84. The number of unbranched alkanes of at least 4 members (excludes halogenated alkanes) is 6. The molecule has 1 amide bonds. The standard InChI is InChI=1S/C25H32Cl3NO3/c1-2-3-4-5-6-7-11-14-23(30)29-21(15-18-12-9-8-10-13-18)24(31)25(32)17-20(27)19(26)16-22(25)28/h8-10,12-13,16-17,21-22,32H,2-7,11,14-15H2,1H3,(H,29,30)/t21-,22?,25?/m0/s1. The minimum atomic E-state index is -2.07. The van der Waals surface area contributed by atoms with E-state index in [2.05, 4.69) is 12.2 Å². The average molecular weight is 501 g/mol. The fraction of sp³-hybridized carbons (Fsp3) is 0.520. The van der Waals surface area contributed by atoms with Crippen molar-refractivity contribution in [2.45, 2.75) is 81.7 Å². The van der Waals surface area contributed by atoms with E-state index >= 15 is 0 Å². The van der Waals surface area contributed by atoms with Gasteiger partial charge in [0.25, 0.3) is 0 Å². The Balaban J connectivity index is 2.05. The van der Waals surface area contributed by atoms with Crippen molar-refractivity contribution in [3.05, 3.63) is 58.1 Å². The SMILES string of the molecule is CCCCCCCCCC(=O)N[C@@H](Cc1ccccc1)C(=O)C1(O)C=C(Cl)C(Cl)=CC1Cl. The van der Waals surface area contributed by atoms with Crippen LogP contribution < -0.4 is 5.32 Å². The number of nitrogens with one attached hydrogen (secondary N) is 1. The Morgan fingerprint density at radius 2 is 1.66 bits per heavy atom. The second-order valence-corrected chi connectivity index (χ2v) is 9.56. The molecule has 0 spiro atoms. The molecule has 0 fully saturated rings. The molecule has 1 aliphatic rings. The molecular formula is C25H32Cl3NO3. The molecule has 0 saturated carbocycles. The fourth-order valence-corrected chi connectivity index (χ4v) is 4.50. The topological polar surface area (TPSA) is 66.4 Å². The molecule has 0 aliphatic heterocycles. The monoisotopic (exact) mass is 499 g/mol. The molecule has 0 aromatic heterocycles. The van der Waals surface area contributed by atoms with Crippen molar-refractivity contribution in [1.29, 1.82) is 0 Å². The second-order valence-electron chi connectivity index (χ2n) is 8.28. The van der Waals surface area contributed by atoms with E-state index in [1.165, 1.54) is 31.8 Å². The molecule has 1 aliphatic carbocycles. The van der Waals surface area contributed by atoms with Crippen molar-refractivity contribution in [2.75, 3.05) is 0 Å². The summed E-state index contributed by atoms with van der Waals surface area (Å²) in [4.78, 5) is 26.0. The van der Waals surface area contributed by atoms with E-state index in [4.69, 9.17) is 34.8 Å². The zero-order valence-corrected chi connectivity index (χ0v) is 20.7. The van der Waals surface area contributed by atoms with E-state index in [-0.39, 0.29) is 22.4 Å². The highest BCUT2D eigenvalue weighted by Gasteiger charge is 2.46. The predicted molar refractivity (Wildman–Crippen MR) is 132 cm³/mol. The third kappa shape index (κ3) is 7.91. The highest BCUT2D eigenvalue weighted by molar-refractivity contribution is 6.45. The summed E-state index contributed by atoms with van der Waals surface area (Å²) in [5.74, 6) is -0.838. The number of ketones is 1. The quantitative estimate of drug-likeness (QED) is 0.257. The van der Waals surface area contributed by atoms with Crippen LogP contribution in [0.1, 0.15) is 63.9 Å². The van der Waals surface area contributed by atoms with Gasteiger partial charge >= 0.3 is 0 Å². The van der Waals surface area contributed by atoms with Crippen molar-refractivity contribution in [2.24, 2.45) is 0 Å². The van der Waals surface area contributed by atoms with Crippen LogP contribution >= 0.6 is 34.8 Å². The van der Waals surface area contributed by atoms with Crippen LogP contribution in [0.3, 0.4) is 0 Å². The van der Waals surface area contributed by atoms with Crippen molar-refractivity contribution < 1.29 is 14.7 Å². The lowest BCUT2D eigenvalue weighted by Gasteiger charge is -2.33. The molecule has 4 nitrogen and oxygen atoms in total. The van der Waals surface area contributed by atoms with Crippen LogP contribution in [0.4, 0.5) is 0 Å². The molecule has 1 aromatic carbocycles. The van der Waals surface area contributed by atoms with Crippen LogP contribution in [-0.4, -0.2) is 33.8 Å². The number of alkyl halides is 1. The normalized spacial score (nSPS) is 21.5. The molecule has 2 N–H and O–H groups in total. The Kier molecular flexibility index (Phi) is 11.3. The van der Waals surface area contributed by atoms with Crippen LogP contribution in [0, 0.1) is 0 Å². The van der Waals surface area contributed by atoms with Gasteiger partial charge in [-0.1, -0.05) is 99.0 Å². The summed E-state index contributed by atoms with van der Waals surface area (Å²) in [6.45, 7) is 2.18. The number of hydrogen-bond donors (Lipinski definition) is 2. The number of hydrogen-bond acceptors (Lipinski definition) is 3. The predicted octanol–water partition coefficient (Wildman–Crippen LogP) is 6.02. The van der Waals surface area contributed by atoms with Gasteiger partial charge in [-0.05, 0) is 30.6 Å². The van der Waals surface area contributed by atoms with Crippen molar-refractivity contribution in [3.8, 4) is 0 Å². The van der Waals surface area contributed by atoms with Crippen LogP contribution in [0.5, 0.6) is 0 Å². The lowest BCUT2D eigenvalue weighted by Crippen LogP contribution is -2.56. The molecule has 176 valence electrons. The summed E-state index contributed by atoms with van der Waals surface area (Å²) in [7, 11) is 0. The summed E-state index contributed by atoms with van der Waals surface area (Å²) in [6.07, 6.45) is 10.8. The maximum atomic E-state index is 13.4. The van der Waals surface area contributed by atoms with Gasteiger partial charge in [-0.25, -0.2) is 0 Å².